The zero-order valence-corrected chi connectivity index (χ0v) is 14.2. The third-order valence-electron chi connectivity index (χ3n) is 3.46. The molecule has 0 saturated heterocycles. The van der Waals surface area contributed by atoms with Gasteiger partial charge in [-0.1, -0.05) is 45.1 Å². The fourth-order valence-electron chi connectivity index (χ4n) is 2.20. The molecule has 0 radical (unpaired) electrons. The van der Waals surface area contributed by atoms with Gasteiger partial charge in [-0.25, -0.2) is 0 Å². The van der Waals surface area contributed by atoms with Crippen molar-refractivity contribution < 1.29 is 9.84 Å². The zero-order valence-electron chi connectivity index (χ0n) is 13.4. The lowest BCUT2D eigenvalue weighted by Crippen LogP contribution is -2.31. The summed E-state index contributed by atoms with van der Waals surface area (Å²) in [5.74, 6) is 0. The van der Waals surface area contributed by atoms with E-state index in [0.29, 0.717) is 13.2 Å². The van der Waals surface area contributed by atoms with Gasteiger partial charge < -0.3 is 15.2 Å². The van der Waals surface area contributed by atoms with E-state index in [1.807, 2.05) is 0 Å². The fourth-order valence-corrected chi connectivity index (χ4v) is 2.91. The Morgan fingerprint density at radius 3 is 2.81 bits per heavy atom. The molecule has 0 aromatic carbocycles. The van der Waals surface area contributed by atoms with E-state index in [0.717, 1.165) is 26.0 Å². The average molecular weight is 314 g/mol. The molecule has 4 heteroatoms. The van der Waals surface area contributed by atoms with Gasteiger partial charge in [0.2, 0.25) is 0 Å². The third kappa shape index (κ3) is 10.9. The van der Waals surface area contributed by atoms with E-state index in [9.17, 15) is 5.11 Å². The van der Waals surface area contributed by atoms with Crippen LogP contribution in [0, 0.1) is 0 Å². The second kappa shape index (κ2) is 13.3. The van der Waals surface area contributed by atoms with Crippen molar-refractivity contribution in [1.82, 2.24) is 5.32 Å². The van der Waals surface area contributed by atoms with E-state index >= 15 is 0 Å². The Hall–Kier alpha value is -0.420. The van der Waals surface area contributed by atoms with Gasteiger partial charge >= 0.3 is 0 Å². The summed E-state index contributed by atoms with van der Waals surface area (Å²) in [7, 11) is 0. The molecular weight excluding hydrogens is 282 g/mol. The normalized spacial score (nSPS) is 12.7. The molecule has 0 fully saturated rings. The molecular formula is C17H31NO2S. The molecule has 1 heterocycles. The Morgan fingerprint density at radius 1 is 1.24 bits per heavy atom. The van der Waals surface area contributed by atoms with Gasteiger partial charge in [-0.05, 0) is 24.3 Å². The van der Waals surface area contributed by atoms with Crippen LogP contribution in [-0.4, -0.2) is 37.5 Å². The quantitative estimate of drug-likeness (QED) is 0.515. The molecule has 0 saturated carbocycles. The molecule has 21 heavy (non-hydrogen) atoms. The zero-order chi connectivity index (χ0) is 15.2. The van der Waals surface area contributed by atoms with Gasteiger partial charge in [0.1, 0.15) is 0 Å². The smallest absolute Gasteiger partial charge is 0.0897 e. The summed E-state index contributed by atoms with van der Waals surface area (Å²) in [5.41, 5.74) is 0. The van der Waals surface area contributed by atoms with Crippen LogP contribution in [0.4, 0.5) is 0 Å². The molecule has 1 aromatic rings. The molecule has 0 spiro atoms. The minimum Gasteiger partial charge on any atom is -0.389 e. The predicted molar refractivity (Wildman–Crippen MR) is 91.1 cm³/mol. The van der Waals surface area contributed by atoms with E-state index < -0.39 is 6.10 Å². The summed E-state index contributed by atoms with van der Waals surface area (Å²) in [5, 5.41) is 15.2. The Bertz CT molecular complexity index is 317. The highest BCUT2D eigenvalue weighted by Gasteiger charge is 2.03. The van der Waals surface area contributed by atoms with Gasteiger partial charge in [0.05, 0.1) is 12.7 Å². The molecule has 1 unspecified atom stereocenters. The second-order valence-electron chi connectivity index (χ2n) is 5.53. The van der Waals surface area contributed by atoms with E-state index in [2.05, 4.69) is 29.8 Å². The molecule has 0 aliphatic carbocycles. The van der Waals surface area contributed by atoms with Crippen LogP contribution in [-0.2, 0) is 11.2 Å². The van der Waals surface area contributed by atoms with Crippen LogP contribution in [0.1, 0.15) is 50.3 Å². The van der Waals surface area contributed by atoms with Crippen molar-refractivity contribution in [3.8, 4) is 0 Å². The lowest BCUT2D eigenvalue weighted by Gasteiger charge is -2.12. The number of unbranched alkanes of at least 4 members (excludes halogenated alkanes) is 5. The van der Waals surface area contributed by atoms with Crippen LogP contribution in [0.3, 0.4) is 0 Å². The summed E-state index contributed by atoms with van der Waals surface area (Å²) in [6, 6.07) is 4.22. The van der Waals surface area contributed by atoms with Gasteiger partial charge in [-0.3, -0.25) is 0 Å². The van der Waals surface area contributed by atoms with Crippen molar-refractivity contribution in [3.63, 3.8) is 0 Å². The summed E-state index contributed by atoms with van der Waals surface area (Å²) in [4.78, 5) is 1.39. The van der Waals surface area contributed by atoms with E-state index in [1.54, 1.807) is 11.3 Å². The molecule has 0 aliphatic rings. The molecule has 1 aromatic heterocycles. The van der Waals surface area contributed by atoms with Gasteiger partial charge in [-0.2, -0.15) is 0 Å². The summed E-state index contributed by atoms with van der Waals surface area (Å²) in [6.07, 6.45) is 8.28. The lowest BCUT2D eigenvalue weighted by atomic mass is 10.1. The van der Waals surface area contributed by atoms with Crippen LogP contribution in [0.5, 0.6) is 0 Å². The molecule has 2 N–H and O–H groups in total. The molecule has 0 aliphatic heterocycles. The van der Waals surface area contributed by atoms with Gasteiger partial charge in [-0.15, -0.1) is 11.3 Å². The molecule has 1 atom stereocenters. The fraction of sp³-hybridized carbons (Fsp3) is 0.765. The highest BCUT2D eigenvalue weighted by atomic mass is 32.1. The molecule has 0 bridgehead atoms. The summed E-state index contributed by atoms with van der Waals surface area (Å²) in [6.45, 7) is 4.98. The standard InChI is InChI=1S/C17H31NO2S/c1-2-3-4-5-6-7-12-20-15-16(19)14-18-11-10-17-9-8-13-21-17/h8-9,13,16,18-19H,2-7,10-12,14-15H2,1H3. The predicted octanol–water partition coefficient (Wildman–Crippen LogP) is 3.62. The van der Waals surface area contributed by atoms with Crippen molar-refractivity contribution in [2.24, 2.45) is 0 Å². The minimum absolute atomic E-state index is 0.395. The molecule has 3 nitrogen and oxygen atoms in total. The van der Waals surface area contributed by atoms with Gasteiger partial charge in [0.15, 0.2) is 0 Å². The first-order valence-corrected chi connectivity index (χ1v) is 9.19. The van der Waals surface area contributed by atoms with Crippen molar-refractivity contribution in [3.05, 3.63) is 22.4 Å². The van der Waals surface area contributed by atoms with Crippen molar-refractivity contribution in [2.45, 2.75) is 58.0 Å². The van der Waals surface area contributed by atoms with Crippen molar-refractivity contribution >= 4 is 11.3 Å². The number of thiophene rings is 1. The van der Waals surface area contributed by atoms with Gasteiger partial charge in [0.25, 0.3) is 0 Å². The number of hydrogen-bond donors (Lipinski definition) is 2. The van der Waals surface area contributed by atoms with Crippen LogP contribution >= 0.6 is 11.3 Å². The maximum absolute atomic E-state index is 9.79. The van der Waals surface area contributed by atoms with Crippen LogP contribution in [0.25, 0.3) is 0 Å². The number of rotatable bonds is 14. The largest absolute Gasteiger partial charge is 0.389 e. The number of hydrogen-bond acceptors (Lipinski definition) is 4. The summed E-state index contributed by atoms with van der Waals surface area (Å²) >= 11 is 1.78. The number of aliphatic hydroxyl groups excluding tert-OH is 1. The van der Waals surface area contributed by atoms with Gasteiger partial charge in [0, 0.05) is 24.6 Å². The SMILES string of the molecule is CCCCCCCCOCC(O)CNCCc1cccs1. The highest BCUT2D eigenvalue weighted by Crippen LogP contribution is 2.08. The molecule has 122 valence electrons. The first kappa shape index (κ1) is 18.6. The molecule has 0 amide bonds. The highest BCUT2D eigenvalue weighted by molar-refractivity contribution is 7.09. The maximum Gasteiger partial charge on any atom is 0.0897 e. The maximum atomic E-state index is 9.79. The second-order valence-corrected chi connectivity index (χ2v) is 6.56. The lowest BCUT2D eigenvalue weighted by molar-refractivity contribution is 0.0356. The minimum atomic E-state index is -0.395. The number of aliphatic hydroxyl groups is 1. The Kier molecular flexibility index (Phi) is 11.8. The Labute approximate surface area is 133 Å². The van der Waals surface area contributed by atoms with E-state index in [1.165, 1.54) is 37.0 Å². The van der Waals surface area contributed by atoms with E-state index in [-0.39, 0.29) is 0 Å². The first-order valence-electron chi connectivity index (χ1n) is 8.31. The van der Waals surface area contributed by atoms with Crippen LogP contribution < -0.4 is 5.32 Å². The number of ether oxygens (including phenoxy) is 1. The topological polar surface area (TPSA) is 41.5 Å². The third-order valence-corrected chi connectivity index (χ3v) is 4.40. The summed E-state index contributed by atoms with van der Waals surface area (Å²) < 4.78 is 5.52. The monoisotopic (exact) mass is 313 g/mol. The van der Waals surface area contributed by atoms with E-state index in [4.69, 9.17) is 4.74 Å². The average Bonchev–Trinajstić information content (AvgIpc) is 3.00. The number of nitrogens with one attached hydrogen (secondary N) is 1. The first-order chi connectivity index (χ1) is 10.3. The van der Waals surface area contributed by atoms with Crippen LogP contribution in [0.15, 0.2) is 17.5 Å². The Balaban J connectivity index is 1.82. The molecule has 1 rings (SSSR count). The van der Waals surface area contributed by atoms with Crippen molar-refractivity contribution in [2.75, 3.05) is 26.3 Å². The van der Waals surface area contributed by atoms with Crippen molar-refractivity contribution in [1.29, 1.82) is 0 Å². The van der Waals surface area contributed by atoms with Crippen LogP contribution in [0.2, 0.25) is 0 Å². The Morgan fingerprint density at radius 2 is 2.05 bits per heavy atom.